The Balaban J connectivity index is 1.53. The number of hydrogen-bond acceptors (Lipinski definition) is 6. The topological polar surface area (TPSA) is 106 Å². The van der Waals surface area contributed by atoms with Crippen molar-refractivity contribution < 1.29 is 28.6 Å². The highest BCUT2D eigenvalue weighted by Gasteiger charge is 2.38. The minimum Gasteiger partial charge on any atom is -0.463 e. The van der Waals surface area contributed by atoms with Crippen LogP contribution in [0.3, 0.4) is 0 Å². The first-order chi connectivity index (χ1) is 19.5. The number of ether oxygens (including phenoxy) is 3. The third-order valence-corrected chi connectivity index (χ3v) is 6.72. The summed E-state index contributed by atoms with van der Waals surface area (Å²) in [4.78, 5) is 41.6. The first-order valence-corrected chi connectivity index (χ1v) is 13.4. The predicted molar refractivity (Wildman–Crippen MR) is 150 cm³/mol. The molecule has 0 unspecified atom stereocenters. The number of urea groups is 1. The van der Waals surface area contributed by atoms with E-state index in [1.807, 2.05) is 43.3 Å². The van der Waals surface area contributed by atoms with Gasteiger partial charge in [-0.05, 0) is 54.8 Å². The fourth-order valence-electron chi connectivity index (χ4n) is 4.80. The zero-order chi connectivity index (χ0) is 28.1. The Labute approximate surface area is 232 Å². The standard InChI is InChI=1S/C31H31N3O6/c1-3-5-16-34-28(20-10-7-6-8-11-20)26(30(36)38-4-2)27(33-31(34)37)21-12-9-13-23(17-21)32-29(35)22-14-15-24-25(18-22)40-19-39-24/h6-15,17-18,27H,3-5,16,19H2,1-2H3,(H,32,35)(H,33,37)/t27-/m1/s1. The van der Waals surface area contributed by atoms with E-state index in [4.69, 9.17) is 14.2 Å². The highest BCUT2D eigenvalue weighted by molar-refractivity contribution is 6.06. The van der Waals surface area contributed by atoms with E-state index in [0.29, 0.717) is 46.1 Å². The van der Waals surface area contributed by atoms with Crippen LogP contribution in [0.1, 0.15) is 54.2 Å². The molecule has 0 fully saturated rings. The molecule has 3 aromatic carbocycles. The molecule has 3 aromatic rings. The maximum Gasteiger partial charge on any atom is 0.338 e. The van der Waals surface area contributed by atoms with Gasteiger partial charge in [-0.2, -0.15) is 0 Å². The molecule has 0 radical (unpaired) electrons. The summed E-state index contributed by atoms with van der Waals surface area (Å²) in [5.74, 6) is 0.256. The molecule has 40 heavy (non-hydrogen) atoms. The fourth-order valence-corrected chi connectivity index (χ4v) is 4.80. The van der Waals surface area contributed by atoms with Gasteiger partial charge in [0.2, 0.25) is 6.79 Å². The van der Waals surface area contributed by atoms with Gasteiger partial charge in [0.25, 0.3) is 5.91 Å². The lowest BCUT2D eigenvalue weighted by Gasteiger charge is -2.37. The molecule has 2 N–H and O–H groups in total. The largest absolute Gasteiger partial charge is 0.463 e. The van der Waals surface area contributed by atoms with Crippen molar-refractivity contribution in [1.82, 2.24) is 10.2 Å². The lowest BCUT2D eigenvalue weighted by molar-refractivity contribution is -0.138. The molecule has 0 saturated heterocycles. The van der Waals surface area contributed by atoms with E-state index in [0.717, 1.165) is 18.4 Å². The number of rotatable bonds is 9. The van der Waals surface area contributed by atoms with Crippen LogP contribution in [0, 0.1) is 0 Å². The molecule has 9 nitrogen and oxygen atoms in total. The number of nitrogens with zero attached hydrogens (tertiary/aromatic N) is 1. The van der Waals surface area contributed by atoms with E-state index in [1.54, 1.807) is 48.2 Å². The van der Waals surface area contributed by atoms with E-state index in [1.165, 1.54) is 0 Å². The van der Waals surface area contributed by atoms with Gasteiger partial charge in [-0.25, -0.2) is 9.59 Å². The van der Waals surface area contributed by atoms with Gasteiger partial charge in [0.1, 0.15) is 0 Å². The third kappa shape index (κ3) is 5.49. The Morgan fingerprint density at radius 1 is 1.00 bits per heavy atom. The summed E-state index contributed by atoms with van der Waals surface area (Å²) < 4.78 is 16.2. The zero-order valence-electron chi connectivity index (χ0n) is 22.4. The Kier molecular flexibility index (Phi) is 8.00. The van der Waals surface area contributed by atoms with Gasteiger partial charge in [0.15, 0.2) is 11.5 Å². The number of anilines is 1. The molecule has 2 heterocycles. The molecule has 2 aliphatic rings. The van der Waals surface area contributed by atoms with Gasteiger partial charge < -0.3 is 24.8 Å². The second-order valence-corrected chi connectivity index (χ2v) is 9.38. The van der Waals surface area contributed by atoms with Gasteiger partial charge in [-0.1, -0.05) is 55.8 Å². The molecule has 0 bridgehead atoms. The van der Waals surface area contributed by atoms with Crippen LogP contribution in [0.4, 0.5) is 10.5 Å². The molecule has 9 heteroatoms. The Hall–Kier alpha value is -4.79. The zero-order valence-corrected chi connectivity index (χ0v) is 22.4. The van der Waals surface area contributed by atoms with Crippen LogP contribution < -0.4 is 20.1 Å². The monoisotopic (exact) mass is 541 g/mol. The number of unbranched alkanes of at least 4 members (excludes halogenated alkanes) is 1. The molecule has 2 aliphatic heterocycles. The van der Waals surface area contributed by atoms with Crippen LogP contribution in [-0.4, -0.2) is 42.8 Å². The first kappa shape index (κ1) is 26.8. The lowest BCUT2D eigenvalue weighted by Crippen LogP contribution is -2.48. The van der Waals surface area contributed by atoms with Gasteiger partial charge in [0.05, 0.1) is 23.9 Å². The van der Waals surface area contributed by atoms with E-state index >= 15 is 0 Å². The number of carbonyl (C=O) groups excluding carboxylic acids is 3. The van der Waals surface area contributed by atoms with Crippen LogP contribution >= 0.6 is 0 Å². The third-order valence-electron chi connectivity index (χ3n) is 6.72. The number of amides is 3. The maximum absolute atomic E-state index is 13.5. The SMILES string of the molecule is CCCCN1C(=O)N[C@H](c2cccc(NC(=O)c3ccc4c(c3)OCO4)c2)C(C(=O)OCC)=C1c1ccccc1. The molecule has 0 saturated carbocycles. The van der Waals surface area contributed by atoms with E-state index in [9.17, 15) is 14.4 Å². The van der Waals surface area contributed by atoms with E-state index in [2.05, 4.69) is 10.6 Å². The summed E-state index contributed by atoms with van der Waals surface area (Å²) in [6.07, 6.45) is 1.65. The number of esters is 1. The van der Waals surface area contributed by atoms with Gasteiger partial charge in [0, 0.05) is 17.8 Å². The summed E-state index contributed by atoms with van der Waals surface area (Å²) in [6.45, 7) is 4.55. The molecule has 0 spiro atoms. The number of hydrogen-bond donors (Lipinski definition) is 2. The summed E-state index contributed by atoms with van der Waals surface area (Å²) in [5, 5.41) is 5.90. The van der Waals surface area contributed by atoms with Crippen molar-refractivity contribution in [3.63, 3.8) is 0 Å². The van der Waals surface area contributed by atoms with Gasteiger partial charge in [-0.15, -0.1) is 0 Å². The summed E-state index contributed by atoms with van der Waals surface area (Å²) in [5.41, 5.74) is 3.15. The van der Waals surface area contributed by atoms with Crippen molar-refractivity contribution in [2.75, 3.05) is 25.3 Å². The second kappa shape index (κ2) is 11.9. The molecule has 0 aliphatic carbocycles. The molecule has 206 valence electrons. The molecule has 5 rings (SSSR count). The maximum atomic E-state index is 13.5. The van der Waals surface area contributed by atoms with E-state index < -0.39 is 12.0 Å². The minimum absolute atomic E-state index is 0.118. The second-order valence-electron chi connectivity index (χ2n) is 9.38. The molecule has 1 atom stereocenters. The van der Waals surface area contributed by atoms with Crippen LogP contribution in [0.15, 0.2) is 78.4 Å². The average molecular weight is 542 g/mol. The quantitative estimate of drug-likeness (QED) is 0.346. The normalized spacial score (nSPS) is 16.0. The van der Waals surface area contributed by atoms with Gasteiger partial charge >= 0.3 is 12.0 Å². The summed E-state index contributed by atoms with van der Waals surface area (Å²) >= 11 is 0. The van der Waals surface area contributed by atoms with Crippen molar-refractivity contribution in [2.24, 2.45) is 0 Å². The Morgan fingerprint density at radius 2 is 1.80 bits per heavy atom. The smallest absolute Gasteiger partial charge is 0.338 e. The number of nitrogens with one attached hydrogen (secondary N) is 2. The van der Waals surface area contributed by atoms with Crippen molar-refractivity contribution in [1.29, 1.82) is 0 Å². The van der Waals surface area contributed by atoms with Crippen molar-refractivity contribution in [2.45, 2.75) is 32.7 Å². The highest BCUT2D eigenvalue weighted by atomic mass is 16.7. The van der Waals surface area contributed by atoms with Crippen molar-refractivity contribution in [3.05, 3.63) is 95.1 Å². The highest BCUT2D eigenvalue weighted by Crippen LogP contribution is 2.38. The molecule has 0 aromatic heterocycles. The number of benzene rings is 3. The molecular formula is C31H31N3O6. The van der Waals surface area contributed by atoms with Crippen LogP contribution in [0.2, 0.25) is 0 Å². The Bertz CT molecular complexity index is 1450. The van der Waals surface area contributed by atoms with Gasteiger partial charge in [-0.3, -0.25) is 9.69 Å². The Morgan fingerprint density at radius 3 is 2.58 bits per heavy atom. The summed E-state index contributed by atoms with van der Waals surface area (Å²) in [7, 11) is 0. The molecular weight excluding hydrogens is 510 g/mol. The van der Waals surface area contributed by atoms with Crippen LogP contribution in [0.25, 0.3) is 5.70 Å². The first-order valence-electron chi connectivity index (χ1n) is 13.4. The predicted octanol–water partition coefficient (Wildman–Crippen LogP) is 5.51. The van der Waals surface area contributed by atoms with Crippen LogP contribution in [-0.2, 0) is 9.53 Å². The average Bonchev–Trinajstić information content (AvgIpc) is 3.45. The molecule has 3 amide bonds. The van der Waals surface area contributed by atoms with Crippen molar-refractivity contribution >= 4 is 29.3 Å². The number of carbonyl (C=O) groups is 3. The summed E-state index contributed by atoms with van der Waals surface area (Å²) in [6, 6.07) is 20.3. The number of fused-ring (bicyclic) bond motifs is 1. The van der Waals surface area contributed by atoms with E-state index in [-0.39, 0.29) is 25.3 Å². The lowest BCUT2D eigenvalue weighted by atomic mass is 9.91. The van der Waals surface area contributed by atoms with Crippen molar-refractivity contribution in [3.8, 4) is 11.5 Å². The fraction of sp³-hybridized carbons (Fsp3) is 0.258. The minimum atomic E-state index is -0.790. The van der Waals surface area contributed by atoms with Crippen LogP contribution in [0.5, 0.6) is 11.5 Å².